The van der Waals surface area contributed by atoms with Gasteiger partial charge in [0.05, 0.1) is 12.7 Å². The van der Waals surface area contributed by atoms with Crippen molar-refractivity contribution in [1.29, 1.82) is 0 Å². The molecule has 1 saturated heterocycles. The van der Waals surface area contributed by atoms with Crippen molar-refractivity contribution in [2.45, 2.75) is 116 Å². The average molecular weight is 497 g/mol. The van der Waals surface area contributed by atoms with E-state index in [-0.39, 0.29) is 5.04 Å². The highest BCUT2D eigenvalue weighted by Gasteiger charge is 2.39. The Kier molecular flexibility index (Phi) is 9.82. The van der Waals surface area contributed by atoms with Crippen LogP contribution in [-0.2, 0) is 13.9 Å². The van der Waals surface area contributed by atoms with E-state index in [1.165, 1.54) is 3.58 Å². The van der Waals surface area contributed by atoms with Crippen molar-refractivity contribution >= 4 is 30.9 Å². The Labute approximate surface area is 176 Å². The minimum Gasteiger partial charge on any atom is -0.414 e. The Hall–Kier alpha value is 0.567. The van der Waals surface area contributed by atoms with Crippen LogP contribution in [0.5, 0.6) is 0 Å². The van der Waals surface area contributed by atoms with Crippen molar-refractivity contribution in [3.63, 3.8) is 0 Å². The fourth-order valence-electron chi connectivity index (χ4n) is 3.03. The fourth-order valence-corrected chi connectivity index (χ4v) is 4.76. The number of halogens is 1. The fraction of sp³-hybridized carbons (Fsp3) is 0.905. The normalized spacial score (nSPS) is 23.1. The molecule has 1 aliphatic rings. The highest BCUT2D eigenvalue weighted by atomic mass is 127. The Morgan fingerprint density at radius 3 is 2.50 bits per heavy atom. The molecule has 154 valence electrons. The molecule has 0 aromatic carbocycles. The van der Waals surface area contributed by atoms with Crippen molar-refractivity contribution in [2.24, 2.45) is 0 Å². The van der Waals surface area contributed by atoms with Gasteiger partial charge in [0.1, 0.15) is 0 Å². The van der Waals surface area contributed by atoms with E-state index in [1.807, 2.05) is 13.8 Å². The van der Waals surface area contributed by atoms with Crippen LogP contribution in [0.1, 0.15) is 80.1 Å². The summed E-state index contributed by atoms with van der Waals surface area (Å²) in [5.41, 5.74) is 0. The van der Waals surface area contributed by atoms with E-state index in [4.69, 9.17) is 13.9 Å². The Bertz CT molecular complexity index is 451. The summed E-state index contributed by atoms with van der Waals surface area (Å²) in [6, 6.07) is 0. The number of hydrogen-bond donors (Lipinski definition) is 0. The number of rotatable bonds is 9. The highest BCUT2D eigenvalue weighted by molar-refractivity contribution is 14.1. The lowest BCUT2D eigenvalue weighted by Gasteiger charge is -2.40. The summed E-state index contributed by atoms with van der Waals surface area (Å²) in [7, 11) is -1.73. The van der Waals surface area contributed by atoms with Crippen LogP contribution in [0.3, 0.4) is 0 Å². The summed E-state index contributed by atoms with van der Waals surface area (Å²) in [6.45, 7) is 18.7. The molecule has 0 saturated carbocycles. The van der Waals surface area contributed by atoms with Crippen LogP contribution < -0.4 is 0 Å². The second-order valence-corrected chi connectivity index (χ2v) is 16.0. The molecular formula is C21H41IO3Si. The Morgan fingerprint density at radius 2 is 1.96 bits per heavy atom. The van der Waals surface area contributed by atoms with Gasteiger partial charge in [-0.1, -0.05) is 26.8 Å². The molecule has 2 atom stereocenters. The Morgan fingerprint density at radius 1 is 1.31 bits per heavy atom. The molecule has 3 nitrogen and oxygen atoms in total. The lowest BCUT2D eigenvalue weighted by molar-refractivity contribution is -0.274. The minimum atomic E-state index is -1.73. The molecule has 1 rings (SSSR count). The molecule has 1 heterocycles. The summed E-state index contributed by atoms with van der Waals surface area (Å²) in [5.74, 6) is -0.428. The first-order valence-electron chi connectivity index (χ1n) is 10.1. The monoisotopic (exact) mass is 496 g/mol. The maximum atomic E-state index is 6.76. The summed E-state index contributed by atoms with van der Waals surface area (Å²) < 4.78 is 19.8. The first kappa shape index (κ1) is 24.6. The zero-order valence-corrected chi connectivity index (χ0v) is 21.4. The van der Waals surface area contributed by atoms with Gasteiger partial charge in [0, 0.05) is 6.10 Å². The van der Waals surface area contributed by atoms with Gasteiger partial charge in [-0.05, 0) is 104 Å². The zero-order chi connectivity index (χ0) is 20.0. The molecule has 0 aromatic heterocycles. The molecular weight excluding hydrogens is 455 g/mol. The second-order valence-electron chi connectivity index (χ2n) is 9.58. The largest absolute Gasteiger partial charge is 0.414 e. The maximum Gasteiger partial charge on any atom is 0.192 e. The predicted octanol–water partition coefficient (Wildman–Crippen LogP) is 7.21. The first-order chi connectivity index (χ1) is 11.8. The smallest absolute Gasteiger partial charge is 0.192 e. The van der Waals surface area contributed by atoms with Gasteiger partial charge in [0.2, 0.25) is 0 Å². The van der Waals surface area contributed by atoms with E-state index in [9.17, 15) is 0 Å². The summed E-state index contributed by atoms with van der Waals surface area (Å²) >= 11 is 2.39. The second kappa shape index (κ2) is 10.4. The van der Waals surface area contributed by atoms with Crippen LogP contribution in [0.2, 0.25) is 18.1 Å². The maximum absolute atomic E-state index is 6.76. The number of allylic oxidation sites excluding steroid dienone is 2. The van der Waals surface area contributed by atoms with Gasteiger partial charge in [-0.2, -0.15) is 0 Å². The SMILES string of the molecule is C/C(I)=C/CCC(CCC[C@@H]1CCOC(C)(C)O1)O[Si](C)(C)C(C)(C)C. The van der Waals surface area contributed by atoms with Crippen molar-refractivity contribution in [1.82, 2.24) is 0 Å². The van der Waals surface area contributed by atoms with E-state index in [0.29, 0.717) is 12.2 Å². The van der Waals surface area contributed by atoms with E-state index in [2.05, 4.69) is 69.5 Å². The van der Waals surface area contributed by atoms with Crippen molar-refractivity contribution in [2.75, 3.05) is 6.61 Å². The zero-order valence-electron chi connectivity index (χ0n) is 18.3. The third-order valence-corrected chi connectivity index (χ3v) is 10.5. The van der Waals surface area contributed by atoms with Crippen LogP contribution >= 0.6 is 22.6 Å². The molecule has 0 bridgehead atoms. The molecule has 0 amide bonds. The van der Waals surface area contributed by atoms with Crippen LogP contribution in [0.25, 0.3) is 0 Å². The lowest BCUT2D eigenvalue weighted by Crippen LogP contribution is -2.44. The molecule has 0 radical (unpaired) electrons. The topological polar surface area (TPSA) is 27.7 Å². The molecule has 0 N–H and O–H groups in total. The predicted molar refractivity (Wildman–Crippen MR) is 122 cm³/mol. The highest BCUT2D eigenvalue weighted by Crippen LogP contribution is 2.38. The average Bonchev–Trinajstić information content (AvgIpc) is 2.44. The van der Waals surface area contributed by atoms with Crippen molar-refractivity contribution in [3.05, 3.63) is 9.66 Å². The standard InChI is InChI=1S/C21H41IO3Si/c1-17(22)11-9-13-19(25-26(7,8)20(2,3)4)14-10-12-18-15-16-23-21(5,6)24-18/h11,18-19H,9-10,12-16H2,1-8H3/b17-11-/t18-,19?/m1/s1. The Balaban J connectivity index is 2.57. The number of hydrogen-bond acceptors (Lipinski definition) is 3. The van der Waals surface area contributed by atoms with Gasteiger partial charge in [0.25, 0.3) is 0 Å². The van der Waals surface area contributed by atoms with E-state index < -0.39 is 14.1 Å². The van der Waals surface area contributed by atoms with Crippen molar-refractivity contribution < 1.29 is 13.9 Å². The first-order valence-corrected chi connectivity index (χ1v) is 14.1. The molecule has 26 heavy (non-hydrogen) atoms. The summed E-state index contributed by atoms with van der Waals surface area (Å²) in [5, 5.41) is 0.258. The minimum absolute atomic E-state index is 0.258. The lowest BCUT2D eigenvalue weighted by atomic mass is 10.0. The van der Waals surface area contributed by atoms with Gasteiger partial charge in [-0.15, -0.1) is 0 Å². The van der Waals surface area contributed by atoms with Crippen LogP contribution in [0, 0.1) is 0 Å². The van der Waals surface area contributed by atoms with Crippen LogP contribution in [0.15, 0.2) is 9.66 Å². The van der Waals surface area contributed by atoms with E-state index >= 15 is 0 Å². The quantitative estimate of drug-likeness (QED) is 0.249. The third-order valence-electron chi connectivity index (χ3n) is 5.57. The van der Waals surface area contributed by atoms with Gasteiger partial charge in [0.15, 0.2) is 14.1 Å². The molecule has 1 fully saturated rings. The molecule has 1 unspecified atom stereocenters. The summed E-state index contributed by atoms with van der Waals surface area (Å²) in [4.78, 5) is 0. The molecule has 5 heteroatoms. The van der Waals surface area contributed by atoms with E-state index in [1.54, 1.807) is 0 Å². The summed E-state index contributed by atoms with van der Waals surface area (Å²) in [6.07, 6.45) is 9.63. The number of ether oxygens (including phenoxy) is 2. The van der Waals surface area contributed by atoms with Gasteiger partial charge in [-0.25, -0.2) is 0 Å². The molecule has 0 aromatic rings. The molecule has 1 aliphatic heterocycles. The van der Waals surface area contributed by atoms with Crippen LogP contribution in [0.4, 0.5) is 0 Å². The van der Waals surface area contributed by atoms with Gasteiger partial charge >= 0.3 is 0 Å². The van der Waals surface area contributed by atoms with Gasteiger partial charge < -0.3 is 13.9 Å². The third kappa shape index (κ3) is 9.17. The van der Waals surface area contributed by atoms with E-state index in [0.717, 1.165) is 45.1 Å². The molecule has 0 aliphatic carbocycles. The van der Waals surface area contributed by atoms with Gasteiger partial charge in [-0.3, -0.25) is 0 Å². The molecule has 0 spiro atoms. The van der Waals surface area contributed by atoms with Crippen LogP contribution in [-0.4, -0.2) is 32.9 Å². The van der Waals surface area contributed by atoms with Crippen molar-refractivity contribution in [3.8, 4) is 0 Å².